The third-order valence-electron chi connectivity index (χ3n) is 8.91. The van der Waals surface area contributed by atoms with Gasteiger partial charge in [-0.3, -0.25) is 9.59 Å². The molecule has 0 radical (unpaired) electrons. The number of rotatable bonds is 23. The Labute approximate surface area is 225 Å². The minimum Gasteiger partial charge on any atom is -0.481 e. The predicted molar refractivity (Wildman–Crippen MR) is 148 cm³/mol. The lowest BCUT2D eigenvalue weighted by molar-refractivity contribution is -0.208. The summed E-state index contributed by atoms with van der Waals surface area (Å²) in [5, 5.41) is 43.3. The van der Waals surface area contributed by atoms with Gasteiger partial charge in [0.2, 0.25) is 0 Å². The summed E-state index contributed by atoms with van der Waals surface area (Å²) in [6, 6.07) is 0. The van der Waals surface area contributed by atoms with Crippen molar-refractivity contribution in [3.05, 3.63) is 0 Å². The first-order valence-corrected chi connectivity index (χ1v) is 14.9. The maximum Gasteiger partial charge on any atom is 0.337 e. The van der Waals surface area contributed by atoms with Crippen molar-refractivity contribution in [3.63, 3.8) is 0 Å². The molecule has 0 saturated carbocycles. The molecule has 0 aliphatic heterocycles. The zero-order valence-corrected chi connectivity index (χ0v) is 24.4. The summed E-state index contributed by atoms with van der Waals surface area (Å²) in [5.74, 6) is -5.70. The van der Waals surface area contributed by atoms with E-state index in [2.05, 4.69) is 13.8 Å². The third-order valence-corrected chi connectivity index (χ3v) is 8.91. The Morgan fingerprint density at radius 2 is 0.946 bits per heavy atom. The number of aliphatic hydroxyl groups is 1. The second kappa shape index (κ2) is 17.8. The summed E-state index contributed by atoms with van der Waals surface area (Å²) < 4.78 is 0. The monoisotopic (exact) mass is 528 g/mol. The Morgan fingerprint density at radius 1 is 0.568 bits per heavy atom. The average molecular weight is 529 g/mol. The van der Waals surface area contributed by atoms with E-state index in [4.69, 9.17) is 0 Å². The number of carbonyl (C=O) groups is 3. The van der Waals surface area contributed by atoms with Crippen LogP contribution in [0.1, 0.15) is 138 Å². The first-order valence-electron chi connectivity index (χ1n) is 14.9. The molecule has 37 heavy (non-hydrogen) atoms. The van der Waals surface area contributed by atoms with Gasteiger partial charge in [0.05, 0.1) is 5.92 Å². The van der Waals surface area contributed by atoms with Crippen LogP contribution in [0, 0.1) is 29.1 Å². The number of aliphatic carboxylic acids is 3. The molecular formula is C30H56O7. The lowest BCUT2D eigenvalue weighted by Crippen LogP contribution is -2.64. The Kier molecular flexibility index (Phi) is 17.0. The predicted octanol–water partition coefficient (Wildman–Crippen LogP) is 7.39. The van der Waals surface area contributed by atoms with Crippen molar-refractivity contribution < 1.29 is 34.8 Å². The standard InChI is InChI=1S/C30H56O7/c1-7-13-22(10-4)16-17-25(26(31)32)30(37,28(35)36)29(27(33)34,20-18-23(11-5)14-8-2)21-19-24(12-6)15-9-3/h22-25,37H,7-21H2,1-6H3,(H,31,32)(H,33,34)(H,35,36). The van der Waals surface area contributed by atoms with Gasteiger partial charge in [0.25, 0.3) is 0 Å². The van der Waals surface area contributed by atoms with Gasteiger partial charge in [0, 0.05) is 0 Å². The van der Waals surface area contributed by atoms with Crippen molar-refractivity contribution in [2.24, 2.45) is 29.1 Å². The van der Waals surface area contributed by atoms with Crippen molar-refractivity contribution in [1.82, 2.24) is 0 Å². The van der Waals surface area contributed by atoms with Crippen LogP contribution >= 0.6 is 0 Å². The first-order chi connectivity index (χ1) is 17.4. The molecule has 7 heteroatoms. The number of hydrogen-bond acceptors (Lipinski definition) is 4. The normalized spacial score (nSPS) is 18.2. The fourth-order valence-electron chi connectivity index (χ4n) is 6.27. The van der Waals surface area contributed by atoms with Crippen LogP contribution < -0.4 is 0 Å². The summed E-state index contributed by atoms with van der Waals surface area (Å²) >= 11 is 0. The highest BCUT2D eigenvalue weighted by Gasteiger charge is 2.65. The van der Waals surface area contributed by atoms with E-state index in [-0.39, 0.29) is 37.0 Å². The molecule has 0 amide bonds. The van der Waals surface area contributed by atoms with E-state index in [0.717, 1.165) is 57.8 Å². The number of hydrogen-bond donors (Lipinski definition) is 4. The summed E-state index contributed by atoms with van der Waals surface area (Å²) in [7, 11) is 0. The molecule has 218 valence electrons. The molecular weight excluding hydrogens is 472 g/mol. The Morgan fingerprint density at radius 3 is 1.22 bits per heavy atom. The molecule has 0 rings (SSSR count). The number of carboxylic acids is 3. The van der Waals surface area contributed by atoms with Gasteiger partial charge in [-0.25, -0.2) is 4.79 Å². The molecule has 0 saturated heterocycles. The van der Waals surface area contributed by atoms with Crippen molar-refractivity contribution in [2.45, 2.75) is 143 Å². The zero-order valence-electron chi connectivity index (χ0n) is 24.4. The highest BCUT2D eigenvalue weighted by Crippen LogP contribution is 2.49. The summed E-state index contributed by atoms with van der Waals surface area (Å²) in [4.78, 5) is 38.5. The lowest BCUT2D eigenvalue weighted by Gasteiger charge is -2.45. The van der Waals surface area contributed by atoms with E-state index in [9.17, 15) is 34.8 Å². The molecule has 0 aromatic carbocycles. The second-order valence-corrected chi connectivity index (χ2v) is 11.2. The highest BCUT2D eigenvalue weighted by molar-refractivity contribution is 5.93. The Balaban J connectivity index is 6.73. The minimum absolute atomic E-state index is 0.0534. The molecule has 4 N–H and O–H groups in total. The quantitative estimate of drug-likeness (QED) is 0.109. The second-order valence-electron chi connectivity index (χ2n) is 11.2. The molecule has 5 unspecified atom stereocenters. The molecule has 0 spiro atoms. The fourth-order valence-corrected chi connectivity index (χ4v) is 6.27. The molecule has 5 atom stereocenters. The smallest absolute Gasteiger partial charge is 0.337 e. The molecule has 0 aromatic rings. The van der Waals surface area contributed by atoms with Gasteiger partial charge in [-0.2, -0.15) is 0 Å². The SMILES string of the molecule is CCCC(CC)CCC(C(=O)O)C(O)(C(=O)O)C(CCC(CC)CCC)(CCC(CC)CCC)C(=O)O. The van der Waals surface area contributed by atoms with Gasteiger partial charge in [-0.1, -0.05) is 99.3 Å². The third kappa shape index (κ3) is 9.56. The maximum absolute atomic E-state index is 13.1. The minimum atomic E-state index is -2.91. The van der Waals surface area contributed by atoms with Crippen LogP contribution in [0.2, 0.25) is 0 Å². The van der Waals surface area contributed by atoms with Gasteiger partial charge in [0.15, 0.2) is 5.60 Å². The fraction of sp³-hybridized carbons (Fsp3) is 0.900. The van der Waals surface area contributed by atoms with E-state index >= 15 is 0 Å². The van der Waals surface area contributed by atoms with Crippen molar-refractivity contribution in [2.75, 3.05) is 0 Å². The van der Waals surface area contributed by atoms with E-state index in [1.165, 1.54) is 0 Å². The van der Waals surface area contributed by atoms with Crippen molar-refractivity contribution in [3.8, 4) is 0 Å². The van der Waals surface area contributed by atoms with Crippen LogP contribution in [-0.2, 0) is 14.4 Å². The Hall–Kier alpha value is -1.63. The summed E-state index contributed by atoms with van der Waals surface area (Å²) in [5.41, 5.74) is -5.00. The molecule has 0 aromatic heterocycles. The first kappa shape index (κ1) is 35.4. The van der Waals surface area contributed by atoms with Gasteiger partial charge in [0.1, 0.15) is 5.41 Å². The highest BCUT2D eigenvalue weighted by atomic mass is 16.4. The average Bonchev–Trinajstić information content (AvgIpc) is 2.85. The van der Waals surface area contributed by atoms with Gasteiger partial charge in [-0.15, -0.1) is 0 Å². The van der Waals surface area contributed by atoms with Crippen LogP contribution in [-0.4, -0.2) is 43.9 Å². The molecule has 0 aliphatic rings. The van der Waals surface area contributed by atoms with E-state index in [0.29, 0.717) is 19.3 Å². The summed E-state index contributed by atoms with van der Waals surface area (Å²) in [6.45, 7) is 12.2. The topological polar surface area (TPSA) is 132 Å². The van der Waals surface area contributed by atoms with Gasteiger partial charge < -0.3 is 20.4 Å². The molecule has 0 fully saturated rings. The van der Waals surface area contributed by atoms with Crippen molar-refractivity contribution >= 4 is 17.9 Å². The largest absolute Gasteiger partial charge is 0.481 e. The van der Waals surface area contributed by atoms with Crippen molar-refractivity contribution in [1.29, 1.82) is 0 Å². The van der Waals surface area contributed by atoms with E-state index in [1.807, 2.05) is 27.7 Å². The zero-order chi connectivity index (χ0) is 28.6. The van der Waals surface area contributed by atoms with Crippen LogP contribution in [0.5, 0.6) is 0 Å². The Bertz CT molecular complexity index is 659. The molecule has 0 heterocycles. The van der Waals surface area contributed by atoms with E-state index < -0.39 is 34.8 Å². The van der Waals surface area contributed by atoms with Crippen LogP contribution in [0.4, 0.5) is 0 Å². The van der Waals surface area contributed by atoms with Crippen LogP contribution in [0.15, 0.2) is 0 Å². The molecule has 0 aliphatic carbocycles. The van der Waals surface area contributed by atoms with E-state index in [1.54, 1.807) is 0 Å². The maximum atomic E-state index is 13.1. The molecule has 7 nitrogen and oxygen atoms in total. The number of carboxylic acid groups (broad SMARTS) is 3. The lowest BCUT2D eigenvalue weighted by atomic mass is 9.58. The molecule has 0 bridgehead atoms. The summed E-state index contributed by atoms with van der Waals surface area (Å²) in [6.07, 6.45) is 9.00. The van der Waals surface area contributed by atoms with Gasteiger partial charge >= 0.3 is 17.9 Å². The van der Waals surface area contributed by atoms with Gasteiger partial charge in [-0.05, 0) is 56.3 Å². The van der Waals surface area contributed by atoms with Crippen LogP contribution in [0.3, 0.4) is 0 Å². The van der Waals surface area contributed by atoms with Crippen LogP contribution in [0.25, 0.3) is 0 Å².